The molecular formula is C13H16ClNO. The number of fused-ring (bicyclic) bond motifs is 1. The van der Waals surface area contributed by atoms with Crippen LogP contribution >= 0.6 is 11.6 Å². The van der Waals surface area contributed by atoms with Crippen molar-refractivity contribution in [3.05, 3.63) is 34.5 Å². The van der Waals surface area contributed by atoms with Gasteiger partial charge in [-0.25, -0.2) is 0 Å². The minimum Gasteiger partial charge on any atom is -0.395 e. The SMILES string of the molecule is Cc1cc2cc(Cl)c(C(C)(C)CO)cc2[nH]1. The molecule has 3 heteroatoms. The number of H-pyrrole nitrogens is 1. The number of hydrogen-bond donors (Lipinski definition) is 2. The number of benzene rings is 1. The third kappa shape index (κ3) is 1.83. The molecule has 2 rings (SSSR count). The first-order chi connectivity index (χ1) is 7.44. The largest absolute Gasteiger partial charge is 0.395 e. The minimum absolute atomic E-state index is 0.0813. The Kier molecular flexibility index (Phi) is 2.72. The van der Waals surface area contributed by atoms with Gasteiger partial charge in [-0.15, -0.1) is 0 Å². The minimum atomic E-state index is -0.315. The van der Waals surface area contributed by atoms with Crippen LogP contribution in [0.15, 0.2) is 18.2 Å². The van der Waals surface area contributed by atoms with Crippen LogP contribution in [0.4, 0.5) is 0 Å². The van der Waals surface area contributed by atoms with E-state index in [4.69, 9.17) is 11.6 Å². The molecule has 0 amide bonds. The zero-order chi connectivity index (χ0) is 11.9. The zero-order valence-electron chi connectivity index (χ0n) is 9.76. The summed E-state index contributed by atoms with van der Waals surface area (Å²) in [6, 6.07) is 6.05. The van der Waals surface area contributed by atoms with Gasteiger partial charge >= 0.3 is 0 Å². The van der Waals surface area contributed by atoms with Crippen LogP contribution in [-0.4, -0.2) is 16.7 Å². The molecule has 1 aromatic heterocycles. The maximum Gasteiger partial charge on any atom is 0.0523 e. The molecule has 0 saturated carbocycles. The summed E-state index contributed by atoms with van der Waals surface area (Å²) < 4.78 is 0. The van der Waals surface area contributed by atoms with Gasteiger partial charge in [0.05, 0.1) is 6.61 Å². The van der Waals surface area contributed by atoms with E-state index in [0.29, 0.717) is 5.02 Å². The number of halogens is 1. The maximum atomic E-state index is 9.38. The fourth-order valence-electron chi connectivity index (χ4n) is 1.90. The maximum absolute atomic E-state index is 9.38. The summed E-state index contributed by atoms with van der Waals surface area (Å²) in [4.78, 5) is 3.28. The van der Waals surface area contributed by atoms with Crippen molar-refractivity contribution >= 4 is 22.5 Å². The van der Waals surface area contributed by atoms with Gasteiger partial charge in [-0.1, -0.05) is 25.4 Å². The van der Waals surface area contributed by atoms with Crippen LogP contribution in [0, 0.1) is 6.92 Å². The molecule has 0 spiro atoms. The van der Waals surface area contributed by atoms with E-state index in [1.807, 2.05) is 32.9 Å². The molecule has 0 aliphatic carbocycles. The van der Waals surface area contributed by atoms with Crippen LogP contribution in [0.1, 0.15) is 25.1 Å². The lowest BCUT2D eigenvalue weighted by Crippen LogP contribution is -2.22. The number of hydrogen-bond acceptors (Lipinski definition) is 1. The number of aliphatic hydroxyl groups is 1. The zero-order valence-corrected chi connectivity index (χ0v) is 10.5. The van der Waals surface area contributed by atoms with Gasteiger partial charge in [-0.3, -0.25) is 0 Å². The monoisotopic (exact) mass is 237 g/mol. The molecule has 0 aliphatic rings. The fraction of sp³-hybridized carbons (Fsp3) is 0.385. The number of aromatic amines is 1. The first-order valence-corrected chi connectivity index (χ1v) is 5.72. The molecule has 0 unspecified atom stereocenters. The van der Waals surface area contributed by atoms with Gasteiger partial charge in [-0.2, -0.15) is 0 Å². The molecule has 2 N–H and O–H groups in total. The van der Waals surface area contributed by atoms with Gasteiger partial charge in [0, 0.05) is 27.0 Å². The van der Waals surface area contributed by atoms with E-state index in [1.165, 1.54) is 0 Å². The Balaban J connectivity index is 2.66. The smallest absolute Gasteiger partial charge is 0.0523 e. The van der Waals surface area contributed by atoms with Crippen molar-refractivity contribution in [1.29, 1.82) is 0 Å². The van der Waals surface area contributed by atoms with E-state index in [-0.39, 0.29) is 12.0 Å². The molecule has 0 saturated heterocycles. The summed E-state index contributed by atoms with van der Waals surface area (Å²) in [7, 11) is 0. The van der Waals surface area contributed by atoms with Crippen LogP contribution < -0.4 is 0 Å². The standard InChI is InChI=1S/C13H16ClNO/c1-8-4-9-5-11(14)10(6-12(9)15-8)13(2,3)7-16/h4-6,15-16H,7H2,1-3H3. The molecule has 1 heterocycles. The van der Waals surface area contributed by atoms with Gasteiger partial charge in [-0.05, 0) is 30.7 Å². The molecule has 0 fully saturated rings. The Morgan fingerprint density at radius 1 is 1.31 bits per heavy atom. The van der Waals surface area contributed by atoms with E-state index in [0.717, 1.165) is 22.2 Å². The summed E-state index contributed by atoms with van der Waals surface area (Å²) >= 11 is 6.25. The van der Waals surface area contributed by atoms with Crippen molar-refractivity contribution in [3.63, 3.8) is 0 Å². The van der Waals surface area contributed by atoms with Crippen molar-refractivity contribution in [2.45, 2.75) is 26.2 Å². The lowest BCUT2D eigenvalue weighted by molar-refractivity contribution is 0.218. The van der Waals surface area contributed by atoms with Crippen molar-refractivity contribution in [2.75, 3.05) is 6.61 Å². The lowest BCUT2D eigenvalue weighted by Gasteiger charge is -2.23. The first-order valence-electron chi connectivity index (χ1n) is 5.34. The summed E-state index contributed by atoms with van der Waals surface area (Å²) in [5.41, 5.74) is 2.85. The molecule has 0 aliphatic heterocycles. The second-order valence-electron chi connectivity index (χ2n) is 4.91. The number of nitrogens with one attached hydrogen (secondary N) is 1. The van der Waals surface area contributed by atoms with E-state index < -0.39 is 0 Å². The first kappa shape index (κ1) is 11.5. The van der Waals surface area contributed by atoms with Crippen molar-refractivity contribution in [2.24, 2.45) is 0 Å². The molecule has 2 aromatic rings. The van der Waals surface area contributed by atoms with E-state index in [2.05, 4.69) is 11.1 Å². The Labute approximate surface area is 100 Å². The highest BCUT2D eigenvalue weighted by atomic mass is 35.5. The van der Waals surface area contributed by atoms with E-state index in [1.54, 1.807) is 0 Å². The second-order valence-corrected chi connectivity index (χ2v) is 5.32. The van der Waals surface area contributed by atoms with E-state index in [9.17, 15) is 5.11 Å². The summed E-state index contributed by atoms with van der Waals surface area (Å²) in [5, 5.41) is 11.2. The average Bonchev–Trinajstić information content (AvgIpc) is 2.56. The van der Waals surface area contributed by atoms with Gasteiger partial charge in [0.2, 0.25) is 0 Å². The number of rotatable bonds is 2. The van der Waals surface area contributed by atoms with Crippen LogP contribution in [0.3, 0.4) is 0 Å². The van der Waals surface area contributed by atoms with Crippen molar-refractivity contribution in [3.8, 4) is 0 Å². The predicted octanol–water partition coefficient (Wildman–Crippen LogP) is 3.40. The molecule has 0 bridgehead atoms. The Morgan fingerprint density at radius 3 is 2.62 bits per heavy atom. The fourth-order valence-corrected chi connectivity index (χ4v) is 2.33. The Hall–Kier alpha value is -0.990. The number of aromatic nitrogens is 1. The Morgan fingerprint density at radius 2 is 2.00 bits per heavy atom. The second kappa shape index (κ2) is 3.79. The quantitative estimate of drug-likeness (QED) is 0.825. The summed E-state index contributed by atoms with van der Waals surface area (Å²) in [6.45, 7) is 6.06. The molecular weight excluding hydrogens is 222 g/mol. The molecule has 1 aromatic carbocycles. The molecule has 16 heavy (non-hydrogen) atoms. The van der Waals surface area contributed by atoms with Crippen LogP contribution in [0.2, 0.25) is 5.02 Å². The topological polar surface area (TPSA) is 36.0 Å². The number of aryl methyl sites for hydroxylation is 1. The van der Waals surface area contributed by atoms with Crippen LogP contribution in [0.25, 0.3) is 10.9 Å². The highest BCUT2D eigenvalue weighted by molar-refractivity contribution is 6.32. The highest BCUT2D eigenvalue weighted by Crippen LogP contribution is 2.33. The normalized spacial score (nSPS) is 12.3. The lowest BCUT2D eigenvalue weighted by atomic mass is 9.85. The molecule has 2 nitrogen and oxygen atoms in total. The van der Waals surface area contributed by atoms with Crippen LogP contribution in [-0.2, 0) is 5.41 Å². The third-order valence-electron chi connectivity index (χ3n) is 2.97. The van der Waals surface area contributed by atoms with Crippen LogP contribution in [0.5, 0.6) is 0 Å². The molecule has 86 valence electrons. The summed E-state index contributed by atoms with van der Waals surface area (Å²) in [6.07, 6.45) is 0. The van der Waals surface area contributed by atoms with Gasteiger partial charge in [0.25, 0.3) is 0 Å². The van der Waals surface area contributed by atoms with Gasteiger partial charge in [0.1, 0.15) is 0 Å². The van der Waals surface area contributed by atoms with Crippen molar-refractivity contribution in [1.82, 2.24) is 4.98 Å². The molecule has 0 atom stereocenters. The average molecular weight is 238 g/mol. The molecule has 0 radical (unpaired) electrons. The van der Waals surface area contributed by atoms with Crippen molar-refractivity contribution < 1.29 is 5.11 Å². The van der Waals surface area contributed by atoms with Gasteiger partial charge < -0.3 is 10.1 Å². The van der Waals surface area contributed by atoms with E-state index >= 15 is 0 Å². The Bertz CT molecular complexity index is 528. The predicted molar refractivity (Wildman–Crippen MR) is 68.2 cm³/mol. The summed E-state index contributed by atoms with van der Waals surface area (Å²) in [5.74, 6) is 0. The van der Waals surface area contributed by atoms with Gasteiger partial charge in [0.15, 0.2) is 0 Å². The highest BCUT2D eigenvalue weighted by Gasteiger charge is 2.23. The third-order valence-corrected chi connectivity index (χ3v) is 3.28. The number of aliphatic hydroxyl groups excluding tert-OH is 1.